The third-order valence-corrected chi connectivity index (χ3v) is 5.63. The summed E-state index contributed by atoms with van der Waals surface area (Å²) in [6, 6.07) is 7.42. The van der Waals surface area contributed by atoms with Gasteiger partial charge in [-0.3, -0.25) is 9.69 Å². The summed E-state index contributed by atoms with van der Waals surface area (Å²) in [7, 11) is 0. The maximum atomic E-state index is 12.0. The Kier molecular flexibility index (Phi) is 7.72. The molecule has 6 nitrogen and oxygen atoms in total. The van der Waals surface area contributed by atoms with E-state index in [4.69, 9.17) is 27.9 Å². The van der Waals surface area contributed by atoms with Gasteiger partial charge in [0.05, 0.1) is 28.5 Å². The molecule has 1 aliphatic rings. The van der Waals surface area contributed by atoms with Crippen molar-refractivity contribution in [3.8, 4) is 0 Å². The highest BCUT2D eigenvalue weighted by atomic mass is 35.5. The van der Waals surface area contributed by atoms with Crippen LogP contribution in [0.5, 0.6) is 0 Å². The number of thioether (sulfide) groups is 1. The van der Waals surface area contributed by atoms with Gasteiger partial charge < -0.3 is 10.1 Å². The Bertz CT molecular complexity index is 766. The number of rotatable bonds is 7. The number of amides is 1. The van der Waals surface area contributed by atoms with Crippen LogP contribution in [0.25, 0.3) is 0 Å². The summed E-state index contributed by atoms with van der Waals surface area (Å²) in [6.07, 6.45) is 3.28. The number of nitrogens with one attached hydrogen (secondary N) is 1. The molecule has 1 unspecified atom stereocenters. The molecule has 1 saturated heterocycles. The zero-order valence-electron chi connectivity index (χ0n) is 14.6. The standard InChI is InChI=1S/C18H20Cl2N4O2S/c19-15-3-2-13(8-16(15)20)10-24-6-7-26-14(11-24)9-23-17(25)12-27-18-21-4-1-5-22-18/h1-5,8,14H,6-7,9-12H2,(H,23,25). The molecule has 1 N–H and O–H groups in total. The monoisotopic (exact) mass is 426 g/mol. The van der Waals surface area contributed by atoms with Crippen molar-refractivity contribution >= 4 is 40.9 Å². The topological polar surface area (TPSA) is 67.4 Å². The molecule has 2 heterocycles. The van der Waals surface area contributed by atoms with Gasteiger partial charge in [-0.15, -0.1) is 0 Å². The summed E-state index contributed by atoms with van der Waals surface area (Å²) >= 11 is 13.4. The quantitative estimate of drug-likeness (QED) is 0.542. The van der Waals surface area contributed by atoms with Crippen molar-refractivity contribution < 1.29 is 9.53 Å². The third kappa shape index (κ3) is 6.62. The predicted molar refractivity (Wildman–Crippen MR) is 107 cm³/mol. The summed E-state index contributed by atoms with van der Waals surface area (Å²) < 4.78 is 5.77. The van der Waals surface area contributed by atoms with Crippen molar-refractivity contribution in [1.82, 2.24) is 20.2 Å². The second-order valence-electron chi connectivity index (χ2n) is 6.10. The lowest BCUT2D eigenvalue weighted by atomic mass is 10.2. The number of ether oxygens (including phenoxy) is 1. The number of halogens is 2. The van der Waals surface area contributed by atoms with Crippen LogP contribution in [0.1, 0.15) is 5.56 Å². The Balaban J connectivity index is 1.41. The largest absolute Gasteiger partial charge is 0.374 e. The number of hydrogen-bond acceptors (Lipinski definition) is 6. The molecule has 0 radical (unpaired) electrons. The Morgan fingerprint density at radius 1 is 1.30 bits per heavy atom. The van der Waals surface area contributed by atoms with Crippen LogP contribution in [-0.4, -0.2) is 58.9 Å². The highest BCUT2D eigenvalue weighted by Gasteiger charge is 2.21. The molecule has 0 saturated carbocycles. The van der Waals surface area contributed by atoms with Gasteiger partial charge >= 0.3 is 0 Å². The highest BCUT2D eigenvalue weighted by molar-refractivity contribution is 7.99. The first-order chi connectivity index (χ1) is 13.1. The van der Waals surface area contributed by atoms with Crippen LogP contribution in [0.15, 0.2) is 41.8 Å². The van der Waals surface area contributed by atoms with E-state index in [9.17, 15) is 4.79 Å². The van der Waals surface area contributed by atoms with Crippen molar-refractivity contribution in [1.29, 1.82) is 0 Å². The van der Waals surface area contributed by atoms with Crippen molar-refractivity contribution in [3.05, 3.63) is 52.3 Å². The fraction of sp³-hybridized carbons (Fsp3) is 0.389. The minimum Gasteiger partial charge on any atom is -0.374 e. The average molecular weight is 427 g/mol. The smallest absolute Gasteiger partial charge is 0.230 e. The van der Waals surface area contributed by atoms with E-state index in [0.29, 0.717) is 28.4 Å². The summed E-state index contributed by atoms with van der Waals surface area (Å²) in [4.78, 5) is 22.5. The molecule has 3 rings (SSSR count). The summed E-state index contributed by atoms with van der Waals surface area (Å²) in [5.41, 5.74) is 1.10. The SMILES string of the molecule is O=C(CSc1ncccn1)NCC1CN(Cc2ccc(Cl)c(Cl)c2)CCO1. The molecule has 0 aliphatic carbocycles. The summed E-state index contributed by atoms with van der Waals surface area (Å²) in [5.74, 6) is 0.224. The lowest BCUT2D eigenvalue weighted by Gasteiger charge is -2.33. The first-order valence-corrected chi connectivity index (χ1v) is 10.3. The van der Waals surface area contributed by atoms with Crippen LogP contribution in [-0.2, 0) is 16.1 Å². The molecule has 2 aromatic rings. The lowest BCUT2D eigenvalue weighted by Crippen LogP contribution is -2.47. The Hall–Kier alpha value is -1.38. The van der Waals surface area contributed by atoms with Gasteiger partial charge in [-0.1, -0.05) is 41.0 Å². The summed E-state index contributed by atoms with van der Waals surface area (Å²) in [5, 5.41) is 4.63. The number of hydrogen-bond donors (Lipinski definition) is 1. The van der Waals surface area contributed by atoms with Gasteiger partial charge in [-0.05, 0) is 23.8 Å². The fourth-order valence-electron chi connectivity index (χ4n) is 2.71. The second-order valence-corrected chi connectivity index (χ2v) is 7.86. The minimum absolute atomic E-state index is 0.0385. The third-order valence-electron chi connectivity index (χ3n) is 4.01. The van der Waals surface area contributed by atoms with Gasteiger partial charge in [0, 0.05) is 38.6 Å². The minimum atomic E-state index is -0.0577. The first-order valence-electron chi connectivity index (χ1n) is 8.54. The molecule has 144 valence electrons. The molecule has 1 fully saturated rings. The van der Waals surface area contributed by atoms with E-state index in [1.54, 1.807) is 18.5 Å². The van der Waals surface area contributed by atoms with E-state index < -0.39 is 0 Å². The van der Waals surface area contributed by atoms with Gasteiger partial charge in [0.15, 0.2) is 5.16 Å². The fourth-order valence-corrected chi connectivity index (χ4v) is 3.67. The number of carbonyl (C=O) groups is 1. The van der Waals surface area contributed by atoms with Crippen molar-refractivity contribution in [2.45, 2.75) is 17.8 Å². The van der Waals surface area contributed by atoms with E-state index in [2.05, 4.69) is 20.2 Å². The van der Waals surface area contributed by atoms with Gasteiger partial charge in [-0.2, -0.15) is 0 Å². The van der Waals surface area contributed by atoms with Gasteiger partial charge in [0.2, 0.25) is 5.91 Å². The molecular formula is C18H20Cl2N4O2S. The summed E-state index contributed by atoms with van der Waals surface area (Å²) in [6.45, 7) is 3.47. The van der Waals surface area contributed by atoms with Crippen LogP contribution in [0.4, 0.5) is 0 Å². The molecule has 1 amide bonds. The highest BCUT2D eigenvalue weighted by Crippen LogP contribution is 2.23. The first kappa shape index (κ1) is 20.4. The predicted octanol–water partition coefficient (Wildman–Crippen LogP) is 2.89. The van der Waals surface area contributed by atoms with E-state index in [-0.39, 0.29) is 17.8 Å². The molecule has 0 spiro atoms. The van der Waals surface area contributed by atoms with Crippen LogP contribution in [0.2, 0.25) is 10.0 Å². The number of carbonyl (C=O) groups excluding carboxylic acids is 1. The van der Waals surface area contributed by atoms with Crippen molar-refractivity contribution in [2.24, 2.45) is 0 Å². The molecule has 1 aromatic heterocycles. The molecule has 27 heavy (non-hydrogen) atoms. The number of benzene rings is 1. The molecular weight excluding hydrogens is 407 g/mol. The maximum Gasteiger partial charge on any atom is 0.230 e. The van der Waals surface area contributed by atoms with Crippen molar-refractivity contribution in [2.75, 3.05) is 32.0 Å². The zero-order chi connectivity index (χ0) is 19.1. The number of morpholine rings is 1. The molecule has 1 aromatic carbocycles. The Labute approximate surface area is 172 Å². The second kappa shape index (κ2) is 10.2. The molecule has 1 aliphatic heterocycles. The normalized spacial score (nSPS) is 17.6. The number of nitrogens with zero attached hydrogens (tertiary/aromatic N) is 3. The van der Waals surface area contributed by atoms with Crippen molar-refractivity contribution in [3.63, 3.8) is 0 Å². The molecule has 0 bridgehead atoms. The Morgan fingerprint density at radius 2 is 2.11 bits per heavy atom. The van der Waals surface area contributed by atoms with Crippen LogP contribution in [0.3, 0.4) is 0 Å². The number of aromatic nitrogens is 2. The maximum absolute atomic E-state index is 12.0. The van der Waals surface area contributed by atoms with E-state index in [1.807, 2.05) is 18.2 Å². The lowest BCUT2D eigenvalue weighted by molar-refractivity contribution is -0.119. The van der Waals surface area contributed by atoms with Crippen LogP contribution in [0, 0.1) is 0 Å². The van der Waals surface area contributed by atoms with Crippen LogP contribution < -0.4 is 5.32 Å². The van der Waals surface area contributed by atoms with Gasteiger partial charge in [0.1, 0.15) is 0 Å². The van der Waals surface area contributed by atoms with E-state index in [1.165, 1.54) is 11.8 Å². The van der Waals surface area contributed by atoms with E-state index in [0.717, 1.165) is 25.2 Å². The van der Waals surface area contributed by atoms with E-state index >= 15 is 0 Å². The van der Waals surface area contributed by atoms with Gasteiger partial charge in [-0.25, -0.2) is 9.97 Å². The molecule has 1 atom stereocenters. The zero-order valence-corrected chi connectivity index (χ0v) is 16.9. The van der Waals surface area contributed by atoms with Gasteiger partial charge in [0.25, 0.3) is 0 Å². The molecule has 9 heteroatoms. The Morgan fingerprint density at radius 3 is 2.89 bits per heavy atom. The average Bonchev–Trinajstić information content (AvgIpc) is 2.69. The van der Waals surface area contributed by atoms with Crippen LogP contribution >= 0.6 is 35.0 Å².